The molecule has 0 unspecified atom stereocenters. The van der Waals surface area contributed by atoms with Gasteiger partial charge in [-0.3, -0.25) is 52.7 Å². The van der Waals surface area contributed by atoms with Gasteiger partial charge in [-0.05, 0) is 68.3 Å². The maximum atomic E-state index is 14.5. The lowest BCUT2D eigenvalue weighted by atomic mass is 9.83. The number of hydrogen-bond donors (Lipinski definition) is 10. The van der Waals surface area contributed by atoms with Crippen LogP contribution in [0.15, 0.2) is 30.3 Å². The fraction of sp³-hybridized carbons (Fsp3) is 0.708. The highest BCUT2D eigenvalue weighted by Gasteiger charge is 2.47. The number of amides is 7. The lowest BCUT2D eigenvalue weighted by Crippen LogP contribution is -2.61. The van der Waals surface area contributed by atoms with Crippen molar-refractivity contribution in [2.75, 3.05) is 13.2 Å². The van der Waals surface area contributed by atoms with Crippen LogP contribution in [0, 0.1) is 53.3 Å². The Hall–Kier alpha value is -7.16. The molecule has 11 N–H and O–H groups in total. The molecule has 1 aliphatic heterocycles. The number of nitrogens with two attached hydrogens (primary N) is 1. The summed E-state index contributed by atoms with van der Waals surface area (Å²) < 4.78 is 37.5. The van der Waals surface area contributed by atoms with E-state index in [1.807, 2.05) is 51.1 Å². The minimum absolute atomic E-state index is 0.287. The Balaban J connectivity index is 0.00000387. The number of carbonyl (C=O) groups is 13. The van der Waals surface area contributed by atoms with Crippen molar-refractivity contribution >= 4 is 76.4 Å². The van der Waals surface area contributed by atoms with Crippen molar-refractivity contribution in [2.24, 2.45) is 59.0 Å². The fourth-order valence-corrected chi connectivity index (χ4v) is 11.0. The van der Waals surface area contributed by atoms with E-state index < -0.39 is 205 Å². The fourth-order valence-electron chi connectivity index (χ4n) is 11.0. The topological polar surface area (TPSA) is 390 Å². The quantitative estimate of drug-likeness (QED) is 0.0435. The minimum Gasteiger partial charge on any atom is -0.475 e. The third kappa shape index (κ3) is 24.7. The summed E-state index contributed by atoms with van der Waals surface area (Å²) in [5.41, 5.74) is 5.14. The van der Waals surface area contributed by atoms with Gasteiger partial charge in [-0.25, -0.2) is 9.59 Å². The Kier molecular flexibility index (Phi) is 34.1. The molecule has 2 aliphatic rings. The van der Waals surface area contributed by atoms with Gasteiger partial charge in [-0.15, -0.1) is 0 Å². The highest BCUT2D eigenvalue weighted by molar-refractivity contribution is 6.00. The zero-order valence-electron chi connectivity index (χ0n) is 55.0. The van der Waals surface area contributed by atoms with Gasteiger partial charge < -0.3 is 57.7 Å². The first kappa shape index (κ1) is 80.9. The zero-order valence-corrected chi connectivity index (χ0v) is 55.0. The molecule has 1 spiro atoms. The number of esters is 1. The first-order valence-electron chi connectivity index (χ1n) is 32.1. The molecular weight excluding hydrogens is 1210 g/mol. The summed E-state index contributed by atoms with van der Waals surface area (Å²) in [6.45, 7) is 17.2. The SMILES string of the molecule is CC[C@H](Cc1ccccc1)C(=O)N[C@H](C(=O)C[C@@H](CO)C(=O)N[C@H](CCC(N)=O)C(=O)C[C@@H](C(=O)N[C@H](C(=O)C[C@@H](CO)C(=O)N[C@H]1C(=O)C[C@@H](C)C(=O)NC2(CCCC2)C(=O)N[C@@H]([C@@H](C)CC)C(=O)O[C@H]1C)[C@@H](C)CC)[C@@H](C)CC)[C@@H](C)CC.O=C(O)C(F)(F)F. The van der Waals surface area contributed by atoms with Gasteiger partial charge in [0.25, 0.3) is 0 Å². The van der Waals surface area contributed by atoms with Crippen molar-refractivity contribution in [3.05, 3.63) is 35.9 Å². The van der Waals surface area contributed by atoms with Crippen LogP contribution >= 0.6 is 0 Å². The lowest BCUT2D eigenvalue weighted by molar-refractivity contribution is -0.192. The molecule has 0 bridgehead atoms. The molecule has 1 aromatic carbocycles. The standard InChI is InChI=1S/C63H99N7O15.C2HF3O2/c1-12-35(6)45(32-47(73)46(24-25-51(64)77)65-58(80)43(33-71)30-49(75)52(36(7)13-2)66-57(79)42(16-5)29-41-22-18-17-19-23-41)60(82)67-53(37(8)14-3)50(76)31-44(34-72)59(81)68-55-40(11)85-61(83)54(38(9)15-4)69-62(84)63(26-20-21-27-63)70-56(78)39(10)28-48(55)74;3-2(4,5)1(6)7/h17-19,22-23,35-40,42-46,52-55,71-72H,12-16,20-21,24-34H2,1-11H3,(H2,64,77)(H,65,80)(H,66,79)(H,67,82)(H,68,81)(H,69,84)(H,70,78);(H,6,7)/t35-,36-,37-,38-,39+,40-,42+,43-,44-,45+,46+,52-,53-,54-,55+;/m0./s1. The maximum absolute atomic E-state index is 14.5. The van der Waals surface area contributed by atoms with E-state index in [-0.39, 0.29) is 24.7 Å². The third-order valence-electron chi connectivity index (χ3n) is 18.1. The van der Waals surface area contributed by atoms with Crippen LogP contribution < -0.4 is 37.6 Å². The molecule has 24 nitrogen and oxygen atoms in total. The molecule has 0 radical (unpaired) electrons. The number of aliphatic hydroxyl groups excluding tert-OH is 2. The Labute approximate surface area is 537 Å². The normalized spacial score (nSPS) is 21.4. The second-order valence-corrected chi connectivity index (χ2v) is 25.0. The number of hydrogen-bond acceptors (Lipinski definition) is 16. The molecule has 0 aromatic heterocycles. The van der Waals surface area contributed by atoms with Gasteiger partial charge in [-0.2, -0.15) is 13.2 Å². The number of rotatable bonds is 33. The molecule has 1 heterocycles. The smallest absolute Gasteiger partial charge is 0.475 e. The monoisotopic (exact) mass is 1310 g/mol. The third-order valence-corrected chi connectivity index (χ3v) is 18.1. The first-order valence-corrected chi connectivity index (χ1v) is 32.1. The highest BCUT2D eigenvalue weighted by atomic mass is 19.4. The molecule has 27 heteroatoms. The number of benzene rings is 1. The van der Waals surface area contributed by atoms with Gasteiger partial charge >= 0.3 is 18.1 Å². The number of carboxylic acids is 1. The number of ketones is 4. The van der Waals surface area contributed by atoms with Gasteiger partial charge in [0.15, 0.2) is 23.1 Å². The van der Waals surface area contributed by atoms with Gasteiger partial charge in [0, 0.05) is 49.9 Å². The molecular formula is C65H100F3N7O17. The van der Waals surface area contributed by atoms with Crippen molar-refractivity contribution in [1.82, 2.24) is 31.9 Å². The van der Waals surface area contributed by atoms with E-state index in [2.05, 4.69) is 31.9 Å². The zero-order chi connectivity index (χ0) is 70.0. The molecule has 1 aliphatic carbocycles. The lowest BCUT2D eigenvalue weighted by Gasteiger charge is -2.33. The summed E-state index contributed by atoms with van der Waals surface area (Å²) in [7, 11) is 0. The summed E-state index contributed by atoms with van der Waals surface area (Å²) in [6.07, 6.45) is -4.61. The summed E-state index contributed by atoms with van der Waals surface area (Å²) in [6, 6.07) is 3.03. The van der Waals surface area contributed by atoms with Gasteiger partial charge in [0.1, 0.15) is 23.7 Å². The van der Waals surface area contributed by atoms with Crippen LogP contribution in [0.1, 0.15) is 178 Å². The van der Waals surface area contributed by atoms with Crippen molar-refractivity contribution in [1.29, 1.82) is 0 Å². The summed E-state index contributed by atoms with van der Waals surface area (Å²) in [5.74, 6) is -18.3. The van der Waals surface area contributed by atoms with E-state index in [0.29, 0.717) is 64.2 Å². The molecule has 7 amide bonds. The summed E-state index contributed by atoms with van der Waals surface area (Å²) in [5, 5.41) is 44.8. The van der Waals surface area contributed by atoms with Crippen molar-refractivity contribution in [2.45, 2.75) is 227 Å². The van der Waals surface area contributed by atoms with E-state index >= 15 is 0 Å². The minimum atomic E-state index is -5.08. The van der Waals surface area contributed by atoms with Crippen molar-refractivity contribution < 1.29 is 95.6 Å². The average Bonchev–Trinajstić information content (AvgIpc) is 1.65. The van der Waals surface area contributed by atoms with Crippen LogP contribution in [0.25, 0.3) is 0 Å². The van der Waals surface area contributed by atoms with Gasteiger partial charge in [-0.1, -0.05) is 138 Å². The van der Waals surface area contributed by atoms with E-state index in [1.54, 1.807) is 41.5 Å². The van der Waals surface area contributed by atoms with Crippen LogP contribution in [-0.2, 0) is 73.5 Å². The molecule has 15 atom stereocenters. The molecule has 1 saturated heterocycles. The molecule has 3 rings (SSSR count). The van der Waals surface area contributed by atoms with Gasteiger partial charge in [0.05, 0.1) is 43.2 Å². The number of halogens is 3. The number of ether oxygens (including phenoxy) is 1. The Morgan fingerprint density at radius 1 is 0.685 bits per heavy atom. The van der Waals surface area contributed by atoms with Gasteiger partial charge in [0.2, 0.25) is 41.4 Å². The van der Waals surface area contributed by atoms with Crippen molar-refractivity contribution in [3.63, 3.8) is 0 Å². The Bertz CT molecular complexity index is 2690. The van der Waals surface area contributed by atoms with E-state index in [0.717, 1.165) is 5.56 Å². The summed E-state index contributed by atoms with van der Waals surface area (Å²) in [4.78, 5) is 176. The largest absolute Gasteiger partial charge is 0.490 e. The predicted molar refractivity (Wildman–Crippen MR) is 331 cm³/mol. The predicted octanol–water partition coefficient (Wildman–Crippen LogP) is 4.44. The van der Waals surface area contributed by atoms with E-state index in [4.69, 9.17) is 20.4 Å². The van der Waals surface area contributed by atoms with Crippen LogP contribution in [0.4, 0.5) is 13.2 Å². The average molecular weight is 1310 g/mol. The highest BCUT2D eigenvalue weighted by Crippen LogP contribution is 2.32. The van der Waals surface area contributed by atoms with Crippen LogP contribution in [0.2, 0.25) is 0 Å². The number of cyclic esters (lactones) is 1. The number of primary amides is 1. The Morgan fingerprint density at radius 3 is 1.65 bits per heavy atom. The number of Topliss-reactive ketones (excluding diaryl/α,β-unsaturated/α-hetero) is 4. The number of aliphatic carboxylic acids is 1. The number of carboxylic acid groups (broad SMARTS) is 1. The van der Waals surface area contributed by atoms with Crippen LogP contribution in [-0.4, -0.2) is 153 Å². The molecule has 2 fully saturated rings. The van der Waals surface area contributed by atoms with Crippen LogP contribution in [0.3, 0.4) is 0 Å². The number of nitrogens with one attached hydrogen (secondary N) is 6. The van der Waals surface area contributed by atoms with Crippen molar-refractivity contribution in [3.8, 4) is 0 Å². The molecule has 1 aromatic rings. The van der Waals surface area contributed by atoms with E-state index in [1.165, 1.54) is 13.8 Å². The number of carbonyl (C=O) groups excluding carboxylic acids is 12. The number of alkyl halides is 3. The van der Waals surface area contributed by atoms with Crippen LogP contribution in [0.5, 0.6) is 0 Å². The first-order chi connectivity index (χ1) is 43.1. The molecule has 1 saturated carbocycles. The molecule has 92 heavy (non-hydrogen) atoms. The second-order valence-electron chi connectivity index (χ2n) is 25.0. The molecule has 518 valence electrons. The maximum Gasteiger partial charge on any atom is 0.490 e. The second kappa shape index (κ2) is 38.8. The van der Waals surface area contributed by atoms with E-state index in [9.17, 15) is 80.9 Å². The number of aliphatic hydroxyl groups is 2. The Morgan fingerprint density at radius 2 is 1.18 bits per heavy atom. The summed E-state index contributed by atoms with van der Waals surface area (Å²) >= 11 is 0.